The molecule has 1 aliphatic heterocycles. The molecule has 0 N–H and O–H groups in total. The third-order valence-electron chi connectivity index (χ3n) is 4.20. The number of para-hydroxylation sites is 2. The van der Waals surface area contributed by atoms with Gasteiger partial charge < -0.3 is 9.64 Å². The number of hydrogen-bond acceptors (Lipinski definition) is 3. The van der Waals surface area contributed by atoms with Crippen LogP contribution in [0, 0.1) is 5.82 Å². The highest BCUT2D eigenvalue weighted by molar-refractivity contribution is 5.47. The lowest BCUT2D eigenvalue weighted by atomic mass is 10.2. The Morgan fingerprint density at radius 1 is 0.870 bits per heavy atom. The first kappa shape index (κ1) is 15.8. The molecule has 0 bridgehead atoms. The van der Waals surface area contributed by atoms with E-state index in [4.69, 9.17) is 4.74 Å². The van der Waals surface area contributed by atoms with E-state index < -0.39 is 0 Å². The van der Waals surface area contributed by atoms with Crippen LogP contribution >= 0.6 is 0 Å². The Morgan fingerprint density at radius 2 is 1.57 bits per heavy atom. The number of nitrogens with zero attached hydrogens (tertiary/aromatic N) is 2. The van der Waals surface area contributed by atoms with Crippen molar-refractivity contribution in [2.75, 3.05) is 44.2 Å². The van der Waals surface area contributed by atoms with Crippen LogP contribution in [0.2, 0.25) is 0 Å². The topological polar surface area (TPSA) is 15.7 Å². The average Bonchev–Trinajstić information content (AvgIpc) is 2.61. The maximum Gasteiger partial charge on any atom is 0.146 e. The third-order valence-corrected chi connectivity index (χ3v) is 4.20. The fourth-order valence-corrected chi connectivity index (χ4v) is 2.92. The molecule has 1 saturated heterocycles. The van der Waals surface area contributed by atoms with Gasteiger partial charge in [-0.05, 0) is 30.7 Å². The Balaban J connectivity index is 1.37. The molecule has 122 valence electrons. The van der Waals surface area contributed by atoms with Gasteiger partial charge in [0.1, 0.15) is 11.6 Å². The maximum atomic E-state index is 13.8. The van der Waals surface area contributed by atoms with Gasteiger partial charge in [0, 0.05) is 32.7 Å². The molecule has 1 heterocycles. The average molecular weight is 314 g/mol. The molecule has 0 aliphatic carbocycles. The van der Waals surface area contributed by atoms with Gasteiger partial charge in [0.15, 0.2) is 0 Å². The number of benzene rings is 2. The largest absolute Gasteiger partial charge is 0.494 e. The van der Waals surface area contributed by atoms with Crippen LogP contribution in [0.15, 0.2) is 54.6 Å². The lowest BCUT2D eigenvalue weighted by Crippen LogP contribution is -2.47. The molecule has 2 aromatic rings. The zero-order chi connectivity index (χ0) is 15.9. The fourth-order valence-electron chi connectivity index (χ4n) is 2.92. The van der Waals surface area contributed by atoms with E-state index in [-0.39, 0.29) is 5.82 Å². The monoisotopic (exact) mass is 314 g/mol. The van der Waals surface area contributed by atoms with Crippen LogP contribution in [0.3, 0.4) is 0 Å². The Hall–Kier alpha value is -2.07. The predicted octanol–water partition coefficient (Wildman–Crippen LogP) is 3.42. The fraction of sp³-hybridized carbons (Fsp3) is 0.368. The summed E-state index contributed by atoms with van der Waals surface area (Å²) in [5, 5.41) is 0. The normalized spacial score (nSPS) is 15.6. The van der Waals surface area contributed by atoms with E-state index in [9.17, 15) is 4.39 Å². The van der Waals surface area contributed by atoms with Gasteiger partial charge in [-0.1, -0.05) is 30.3 Å². The third kappa shape index (κ3) is 4.45. The van der Waals surface area contributed by atoms with Gasteiger partial charge in [0.25, 0.3) is 0 Å². The van der Waals surface area contributed by atoms with Crippen molar-refractivity contribution in [3.63, 3.8) is 0 Å². The Labute approximate surface area is 137 Å². The number of halogens is 1. The molecule has 0 aromatic heterocycles. The van der Waals surface area contributed by atoms with Gasteiger partial charge >= 0.3 is 0 Å². The van der Waals surface area contributed by atoms with Crippen LogP contribution in [-0.4, -0.2) is 44.2 Å². The second-order valence-corrected chi connectivity index (χ2v) is 5.80. The molecule has 0 spiro atoms. The molecule has 4 heteroatoms. The molecule has 0 saturated carbocycles. The summed E-state index contributed by atoms with van der Waals surface area (Å²) >= 11 is 0. The summed E-state index contributed by atoms with van der Waals surface area (Å²) in [6, 6.07) is 16.9. The second kappa shape index (κ2) is 7.97. The number of hydrogen-bond donors (Lipinski definition) is 0. The Morgan fingerprint density at radius 3 is 2.30 bits per heavy atom. The summed E-state index contributed by atoms with van der Waals surface area (Å²) in [4.78, 5) is 4.55. The number of ether oxygens (including phenoxy) is 1. The Kier molecular flexibility index (Phi) is 5.48. The van der Waals surface area contributed by atoms with Crippen molar-refractivity contribution in [3.05, 3.63) is 60.4 Å². The van der Waals surface area contributed by atoms with Crippen LogP contribution in [0.1, 0.15) is 6.42 Å². The van der Waals surface area contributed by atoms with Crippen LogP contribution in [0.4, 0.5) is 10.1 Å². The molecular weight excluding hydrogens is 291 g/mol. The number of piperazine rings is 1. The number of rotatable bonds is 6. The van der Waals surface area contributed by atoms with E-state index in [2.05, 4.69) is 9.80 Å². The predicted molar refractivity (Wildman–Crippen MR) is 91.6 cm³/mol. The lowest BCUT2D eigenvalue weighted by Gasteiger charge is -2.36. The molecule has 0 unspecified atom stereocenters. The smallest absolute Gasteiger partial charge is 0.146 e. The number of anilines is 1. The van der Waals surface area contributed by atoms with Crippen molar-refractivity contribution >= 4 is 5.69 Å². The van der Waals surface area contributed by atoms with Crippen molar-refractivity contribution < 1.29 is 9.13 Å². The molecule has 3 nitrogen and oxygen atoms in total. The van der Waals surface area contributed by atoms with Crippen molar-refractivity contribution in [2.45, 2.75) is 6.42 Å². The zero-order valence-electron chi connectivity index (χ0n) is 13.3. The van der Waals surface area contributed by atoms with Gasteiger partial charge in [-0.2, -0.15) is 0 Å². The molecule has 1 fully saturated rings. The highest BCUT2D eigenvalue weighted by Crippen LogP contribution is 2.20. The molecule has 23 heavy (non-hydrogen) atoms. The van der Waals surface area contributed by atoms with E-state index in [0.29, 0.717) is 0 Å². The zero-order valence-corrected chi connectivity index (χ0v) is 13.3. The standard InChI is InChI=1S/C19H23FN2O/c20-18-9-4-5-10-19(18)22-14-12-21(13-15-22)11-6-16-23-17-7-2-1-3-8-17/h1-5,7-10H,6,11-16H2. The minimum absolute atomic E-state index is 0.128. The lowest BCUT2D eigenvalue weighted by molar-refractivity contribution is 0.224. The van der Waals surface area contributed by atoms with Crippen LogP contribution in [0.5, 0.6) is 5.75 Å². The molecule has 3 rings (SSSR count). The van der Waals surface area contributed by atoms with Crippen LogP contribution in [0.25, 0.3) is 0 Å². The van der Waals surface area contributed by atoms with Crippen molar-refractivity contribution in [1.82, 2.24) is 4.90 Å². The van der Waals surface area contributed by atoms with Crippen LogP contribution in [-0.2, 0) is 0 Å². The molecule has 1 aliphatic rings. The van der Waals surface area contributed by atoms with E-state index in [1.165, 1.54) is 6.07 Å². The highest BCUT2D eigenvalue weighted by Gasteiger charge is 2.18. The molecule has 2 aromatic carbocycles. The van der Waals surface area contributed by atoms with Gasteiger partial charge in [0.2, 0.25) is 0 Å². The first-order valence-electron chi connectivity index (χ1n) is 8.22. The quantitative estimate of drug-likeness (QED) is 0.760. The van der Waals surface area contributed by atoms with Gasteiger partial charge in [-0.25, -0.2) is 4.39 Å². The van der Waals surface area contributed by atoms with E-state index in [1.54, 1.807) is 6.07 Å². The first-order chi connectivity index (χ1) is 11.3. The molecule has 0 radical (unpaired) electrons. The summed E-state index contributed by atoms with van der Waals surface area (Å²) in [6.45, 7) is 5.45. The molecular formula is C19H23FN2O. The minimum Gasteiger partial charge on any atom is -0.494 e. The van der Waals surface area contributed by atoms with Crippen LogP contribution < -0.4 is 9.64 Å². The summed E-state index contributed by atoms with van der Waals surface area (Å²) in [5.74, 6) is 0.800. The SMILES string of the molecule is Fc1ccccc1N1CCN(CCCOc2ccccc2)CC1. The summed E-state index contributed by atoms with van der Waals surface area (Å²) in [5.41, 5.74) is 0.722. The van der Waals surface area contributed by atoms with Crippen molar-refractivity contribution in [1.29, 1.82) is 0 Å². The summed E-state index contributed by atoms with van der Waals surface area (Å²) < 4.78 is 19.5. The van der Waals surface area contributed by atoms with E-state index >= 15 is 0 Å². The highest BCUT2D eigenvalue weighted by atomic mass is 19.1. The molecule has 0 amide bonds. The second-order valence-electron chi connectivity index (χ2n) is 5.80. The minimum atomic E-state index is -0.128. The summed E-state index contributed by atoms with van der Waals surface area (Å²) in [6.07, 6.45) is 1.01. The molecule has 0 atom stereocenters. The van der Waals surface area contributed by atoms with Gasteiger partial charge in [-0.15, -0.1) is 0 Å². The summed E-state index contributed by atoms with van der Waals surface area (Å²) in [7, 11) is 0. The van der Waals surface area contributed by atoms with E-state index in [1.807, 2.05) is 42.5 Å². The van der Waals surface area contributed by atoms with E-state index in [0.717, 1.165) is 57.2 Å². The maximum absolute atomic E-state index is 13.8. The van der Waals surface area contributed by atoms with Crippen molar-refractivity contribution in [2.24, 2.45) is 0 Å². The van der Waals surface area contributed by atoms with Crippen molar-refractivity contribution in [3.8, 4) is 5.75 Å². The first-order valence-corrected chi connectivity index (χ1v) is 8.22. The Bertz CT molecular complexity index is 597. The van der Waals surface area contributed by atoms with Gasteiger partial charge in [-0.3, -0.25) is 4.90 Å². The van der Waals surface area contributed by atoms with Gasteiger partial charge in [0.05, 0.1) is 12.3 Å².